The molecule has 1 rings (SSSR count). The van der Waals surface area contributed by atoms with Crippen molar-refractivity contribution >= 4 is 33.4 Å². The third-order valence-corrected chi connectivity index (χ3v) is 2.79. The Morgan fingerprint density at radius 3 is 3.07 bits per heavy atom. The summed E-state index contributed by atoms with van der Waals surface area (Å²) in [6.07, 6.45) is 1.79. The molecule has 0 unspecified atom stereocenters. The van der Waals surface area contributed by atoms with Gasteiger partial charge in [0.1, 0.15) is 4.88 Å². The van der Waals surface area contributed by atoms with Gasteiger partial charge >= 0.3 is 0 Å². The van der Waals surface area contributed by atoms with Gasteiger partial charge in [0.2, 0.25) is 0 Å². The minimum Gasteiger partial charge on any atom is -0.350 e. The molecular weight excluding hydrogens is 266 g/mol. The Morgan fingerprint density at radius 2 is 2.43 bits per heavy atom. The third-order valence-electron chi connectivity index (χ3n) is 1.63. The molecule has 78 valence electrons. The lowest BCUT2D eigenvalue weighted by Gasteiger charge is -2.00. The first kappa shape index (κ1) is 11.6. The van der Waals surface area contributed by atoms with Crippen LogP contribution in [0.5, 0.6) is 0 Å². The van der Waals surface area contributed by atoms with E-state index < -0.39 is 0 Å². The van der Waals surface area contributed by atoms with E-state index in [-0.39, 0.29) is 5.91 Å². The number of carbonyl (C=O) groups is 1. The first-order chi connectivity index (χ1) is 6.79. The number of nitrogens with zero attached hydrogens (tertiary/aromatic N) is 2. The molecule has 0 aromatic carbocycles. The molecule has 0 aliphatic carbocycles. The minimum absolute atomic E-state index is 0.0668. The predicted molar refractivity (Wildman–Crippen MR) is 60.0 cm³/mol. The fourth-order valence-corrected chi connectivity index (χ4v) is 1.85. The molecule has 1 aromatic heterocycles. The van der Waals surface area contributed by atoms with Crippen LogP contribution in [0.2, 0.25) is 0 Å². The largest absolute Gasteiger partial charge is 0.350 e. The van der Waals surface area contributed by atoms with Crippen molar-refractivity contribution in [2.75, 3.05) is 11.9 Å². The van der Waals surface area contributed by atoms with Crippen LogP contribution in [0.3, 0.4) is 0 Å². The van der Waals surface area contributed by atoms with Gasteiger partial charge in [-0.1, -0.05) is 33.8 Å². The van der Waals surface area contributed by atoms with E-state index >= 15 is 0 Å². The van der Waals surface area contributed by atoms with Crippen LogP contribution in [-0.2, 0) is 6.42 Å². The van der Waals surface area contributed by atoms with Crippen LogP contribution in [0.1, 0.15) is 28.7 Å². The summed E-state index contributed by atoms with van der Waals surface area (Å²) in [5.41, 5.74) is 0.810. The normalized spacial score (nSPS) is 10.1. The van der Waals surface area contributed by atoms with Crippen LogP contribution in [0, 0.1) is 0 Å². The van der Waals surface area contributed by atoms with Crippen molar-refractivity contribution in [3.63, 3.8) is 0 Å². The molecule has 0 saturated carbocycles. The van der Waals surface area contributed by atoms with E-state index in [4.69, 9.17) is 0 Å². The SMILES string of the molecule is CCCc1nnsc1C(=O)NCCBr. The molecule has 6 heteroatoms. The zero-order valence-corrected chi connectivity index (χ0v) is 10.3. The maximum Gasteiger partial charge on any atom is 0.264 e. The van der Waals surface area contributed by atoms with Gasteiger partial charge in [0, 0.05) is 11.9 Å². The molecule has 0 atom stereocenters. The van der Waals surface area contributed by atoms with Crippen molar-refractivity contribution < 1.29 is 4.79 Å². The van der Waals surface area contributed by atoms with E-state index in [1.54, 1.807) is 0 Å². The van der Waals surface area contributed by atoms with Gasteiger partial charge in [0.25, 0.3) is 5.91 Å². The zero-order valence-electron chi connectivity index (χ0n) is 7.92. The number of carbonyl (C=O) groups excluding carboxylic acids is 1. The Balaban J connectivity index is 2.63. The second kappa shape index (κ2) is 6.08. The Morgan fingerprint density at radius 1 is 1.64 bits per heavy atom. The highest BCUT2D eigenvalue weighted by molar-refractivity contribution is 9.09. The van der Waals surface area contributed by atoms with Crippen LogP contribution >= 0.6 is 27.5 Å². The molecule has 0 fully saturated rings. The number of nitrogens with one attached hydrogen (secondary N) is 1. The van der Waals surface area contributed by atoms with Crippen molar-refractivity contribution in [3.8, 4) is 0 Å². The van der Waals surface area contributed by atoms with Crippen LogP contribution < -0.4 is 5.32 Å². The van der Waals surface area contributed by atoms with Gasteiger partial charge in [-0.05, 0) is 18.0 Å². The van der Waals surface area contributed by atoms with Gasteiger partial charge in [-0.3, -0.25) is 4.79 Å². The van der Waals surface area contributed by atoms with Crippen LogP contribution in [-0.4, -0.2) is 27.4 Å². The van der Waals surface area contributed by atoms with Crippen LogP contribution in [0.4, 0.5) is 0 Å². The van der Waals surface area contributed by atoms with E-state index in [1.807, 2.05) is 0 Å². The van der Waals surface area contributed by atoms with E-state index in [1.165, 1.54) is 0 Å². The van der Waals surface area contributed by atoms with Gasteiger partial charge < -0.3 is 5.32 Å². The van der Waals surface area contributed by atoms with Gasteiger partial charge in [-0.2, -0.15) is 0 Å². The summed E-state index contributed by atoms with van der Waals surface area (Å²) >= 11 is 4.41. The average molecular weight is 278 g/mol. The van der Waals surface area contributed by atoms with Crippen LogP contribution in [0.25, 0.3) is 0 Å². The van der Waals surface area contributed by atoms with E-state index in [0.29, 0.717) is 11.4 Å². The molecule has 1 aromatic rings. The van der Waals surface area contributed by atoms with Gasteiger partial charge in [-0.15, -0.1) is 5.10 Å². The summed E-state index contributed by atoms with van der Waals surface area (Å²) in [4.78, 5) is 12.2. The number of hydrogen-bond acceptors (Lipinski definition) is 4. The third kappa shape index (κ3) is 3.02. The van der Waals surface area contributed by atoms with Gasteiger partial charge in [0.05, 0.1) is 5.69 Å². The highest BCUT2D eigenvalue weighted by Gasteiger charge is 2.14. The summed E-state index contributed by atoms with van der Waals surface area (Å²) in [6, 6.07) is 0. The molecule has 1 N–H and O–H groups in total. The van der Waals surface area contributed by atoms with Crippen molar-refractivity contribution in [1.82, 2.24) is 14.9 Å². The number of aryl methyl sites for hydroxylation is 1. The fraction of sp³-hybridized carbons (Fsp3) is 0.625. The van der Waals surface area contributed by atoms with E-state index in [0.717, 1.165) is 35.4 Å². The number of alkyl halides is 1. The second-order valence-electron chi connectivity index (χ2n) is 2.74. The predicted octanol–water partition coefficient (Wildman–Crippen LogP) is 1.62. The Kier molecular flexibility index (Phi) is 5.03. The highest BCUT2D eigenvalue weighted by Crippen LogP contribution is 2.11. The number of aromatic nitrogens is 2. The number of halogens is 1. The van der Waals surface area contributed by atoms with Crippen molar-refractivity contribution in [2.24, 2.45) is 0 Å². The van der Waals surface area contributed by atoms with Gasteiger partial charge in [0.15, 0.2) is 0 Å². The van der Waals surface area contributed by atoms with E-state index in [9.17, 15) is 4.79 Å². The molecule has 4 nitrogen and oxygen atoms in total. The summed E-state index contributed by atoms with van der Waals surface area (Å²) < 4.78 is 3.79. The first-order valence-corrected chi connectivity index (χ1v) is 6.34. The molecule has 14 heavy (non-hydrogen) atoms. The Bertz CT molecular complexity index is 303. The number of rotatable bonds is 5. The standard InChI is InChI=1S/C8H12BrN3OS/c1-2-3-6-7(14-12-11-6)8(13)10-5-4-9/h2-5H2,1H3,(H,10,13). The topological polar surface area (TPSA) is 54.9 Å². The smallest absolute Gasteiger partial charge is 0.264 e. The zero-order chi connectivity index (χ0) is 10.4. The summed E-state index contributed by atoms with van der Waals surface area (Å²) in [5, 5.41) is 7.47. The maximum atomic E-state index is 11.6. The Hall–Kier alpha value is -0.490. The molecule has 0 spiro atoms. The Labute approximate surface area is 95.4 Å². The molecule has 0 aliphatic rings. The first-order valence-electron chi connectivity index (χ1n) is 4.45. The molecule has 0 saturated heterocycles. The molecule has 0 aliphatic heterocycles. The fourth-order valence-electron chi connectivity index (χ4n) is 1.02. The maximum absolute atomic E-state index is 11.6. The van der Waals surface area contributed by atoms with Crippen molar-refractivity contribution in [2.45, 2.75) is 19.8 Å². The number of amides is 1. The highest BCUT2D eigenvalue weighted by atomic mass is 79.9. The molecule has 1 heterocycles. The lowest BCUT2D eigenvalue weighted by atomic mass is 10.2. The lowest BCUT2D eigenvalue weighted by Crippen LogP contribution is -2.25. The van der Waals surface area contributed by atoms with Crippen LogP contribution in [0.15, 0.2) is 0 Å². The summed E-state index contributed by atoms with van der Waals surface area (Å²) in [6.45, 7) is 2.68. The van der Waals surface area contributed by atoms with Gasteiger partial charge in [-0.25, -0.2) is 0 Å². The van der Waals surface area contributed by atoms with Crippen molar-refractivity contribution in [3.05, 3.63) is 10.6 Å². The van der Waals surface area contributed by atoms with Crippen molar-refractivity contribution in [1.29, 1.82) is 0 Å². The monoisotopic (exact) mass is 277 g/mol. The average Bonchev–Trinajstić information content (AvgIpc) is 2.63. The second-order valence-corrected chi connectivity index (χ2v) is 4.29. The van der Waals surface area contributed by atoms with E-state index in [2.05, 4.69) is 37.8 Å². The molecule has 0 radical (unpaired) electrons. The summed E-state index contributed by atoms with van der Waals surface area (Å²) in [7, 11) is 0. The minimum atomic E-state index is -0.0668. The molecule has 1 amide bonds. The number of hydrogen-bond donors (Lipinski definition) is 1. The summed E-state index contributed by atoms with van der Waals surface area (Å²) in [5.74, 6) is -0.0668. The molecular formula is C8H12BrN3OS. The molecule has 0 bridgehead atoms. The quantitative estimate of drug-likeness (QED) is 0.833. The lowest BCUT2D eigenvalue weighted by molar-refractivity contribution is 0.0959.